The van der Waals surface area contributed by atoms with Gasteiger partial charge >= 0.3 is 0 Å². The van der Waals surface area contributed by atoms with Gasteiger partial charge in [-0.25, -0.2) is 13.1 Å². The molecule has 0 aromatic heterocycles. The van der Waals surface area contributed by atoms with E-state index in [0.717, 1.165) is 11.1 Å². The van der Waals surface area contributed by atoms with E-state index in [-0.39, 0.29) is 11.8 Å². The van der Waals surface area contributed by atoms with E-state index in [9.17, 15) is 8.42 Å². The van der Waals surface area contributed by atoms with Gasteiger partial charge in [0.05, 0.1) is 5.75 Å². The van der Waals surface area contributed by atoms with Crippen LogP contribution in [0.5, 0.6) is 0 Å². The van der Waals surface area contributed by atoms with E-state index >= 15 is 0 Å². The number of rotatable bonds is 4. The Bertz CT molecular complexity index is 481. The van der Waals surface area contributed by atoms with Crippen LogP contribution in [0.25, 0.3) is 0 Å². The molecule has 16 heavy (non-hydrogen) atoms. The minimum atomic E-state index is -3.26. The number of hydrogen-bond acceptors (Lipinski definition) is 2. The topological polar surface area (TPSA) is 46.2 Å². The quantitative estimate of drug-likeness (QED) is 0.807. The van der Waals surface area contributed by atoms with Gasteiger partial charge in [-0.05, 0) is 31.5 Å². The maximum absolute atomic E-state index is 11.6. The molecule has 0 radical (unpaired) electrons. The molecule has 1 aromatic carbocycles. The number of terminal acetylenes is 1. The molecule has 0 amide bonds. The molecule has 0 saturated carbocycles. The zero-order valence-corrected chi connectivity index (χ0v) is 10.2. The second kappa shape index (κ2) is 5.15. The number of nitrogens with one attached hydrogen (secondary N) is 1. The van der Waals surface area contributed by atoms with Crippen molar-refractivity contribution in [3.8, 4) is 12.3 Å². The van der Waals surface area contributed by atoms with Crippen molar-refractivity contribution in [2.45, 2.75) is 25.6 Å². The first-order valence-corrected chi connectivity index (χ1v) is 6.64. The van der Waals surface area contributed by atoms with Crippen molar-refractivity contribution < 1.29 is 8.42 Å². The smallest absolute Gasteiger partial charge is 0.212 e. The average Bonchev–Trinajstić information content (AvgIpc) is 2.16. The molecule has 1 aromatic rings. The van der Waals surface area contributed by atoms with E-state index in [1.54, 1.807) is 38.1 Å². The van der Waals surface area contributed by atoms with Crippen molar-refractivity contribution in [1.82, 2.24) is 4.72 Å². The molecular weight excluding hydrogens is 222 g/mol. The van der Waals surface area contributed by atoms with Gasteiger partial charge in [0.15, 0.2) is 0 Å². The summed E-state index contributed by atoms with van der Waals surface area (Å²) in [6.07, 6.45) is 5.21. The molecule has 0 aliphatic carbocycles. The van der Waals surface area contributed by atoms with Crippen molar-refractivity contribution in [2.75, 3.05) is 0 Å². The van der Waals surface area contributed by atoms with Gasteiger partial charge in [-0.1, -0.05) is 18.1 Å². The minimum absolute atomic E-state index is 0.0178. The summed E-state index contributed by atoms with van der Waals surface area (Å²) in [4.78, 5) is 0. The van der Waals surface area contributed by atoms with Gasteiger partial charge in [0.25, 0.3) is 0 Å². The lowest BCUT2D eigenvalue weighted by molar-refractivity contribution is 0.569. The van der Waals surface area contributed by atoms with Gasteiger partial charge in [-0.2, -0.15) is 0 Å². The van der Waals surface area contributed by atoms with Crippen molar-refractivity contribution in [1.29, 1.82) is 0 Å². The first kappa shape index (κ1) is 12.8. The molecular formula is C12H15NO2S. The Morgan fingerprint density at radius 2 is 1.88 bits per heavy atom. The second-order valence-corrected chi connectivity index (χ2v) is 5.63. The van der Waals surface area contributed by atoms with Gasteiger partial charge in [0.2, 0.25) is 10.0 Å². The molecule has 0 spiro atoms. The van der Waals surface area contributed by atoms with Gasteiger partial charge in [-0.15, -0.1) is 6.42 Å². The largest absolute Gasteiger partial charge is 0.216 e. The predicted octanol–water partition coefficient (Wildman–Crippen LogP) is 1.50. The molecule has 1 N–H and O–H groups in total. The average molecular weight is 237 g/mol. The lowest BCUT2D eigenvalue weighted by atomic mass is 10.2. The van der Waals surface area contributed by atoms with Crippen LogP contribution in [-0.4, -0.2) is 14.5 Å². The van der Waals surface area contributed by atoms with Gasteiger partial charge < -0.3 is 0 Å². The first-order valence-electron chi connectivity index (χ1n) is 4.98. The SMILES string of the molecule is C#Cc1ccc(CS(=O)(=O)NC(C)C)cc1. The normalized spacial score (nSPS) is 11.4. The molecule has 0 heterocycles. The van der Waals surface area contributed by atoms with Crippen LogP contribution in [0.3, 0.4) is 0 Å². The van der Waals surface area contributed by atoms with E-state index in [2.05, 4.69) is 10.6 Å². The third kappa shape index (κ3) is 4.05. The standard InChI is InChI=1S/C12H15NO2S/c1-4-11-5-7-12(8-6-11)9-16(14,15)13-10(2)3/h1,5-8,10,13H,9H2,2-3H3. The van der Waals surface area contributed by atoms with Crippen LogP contribution in [0.15, 0.2) is 24.3 Å². The monoisotopic (exact) mass is 237 g/mol. The molecule has 0 atom stereocenters. The summed E-state index contributed by atoms with van der Waals surface area (Å²) in [5.41, 5.74) is 1.48. The minimum Gasteiger partial charge on any atom is -0.212 e. The van der Waals surface area contributed by atoms with Crippen LogP contribution < -0.4 is 4.72 Å². The van der Waals surface area contributed by atoms with Crippen LogP contribution in [0.2, 0.25) is 0 Å². The Morgan fingerprint density at radius 1 is 1.31 bits per heavy atom. The third-order valence-electron chi connectivity index (χ3n) is 1.89. The molecule has 4 heteroatoms. The number of benzene rings is 1. The highest BCUT2D eigenvalue weighted by molar-refractivity contribution is 7.88. The Hall–Kier alpha value is -1.31. The first-order chi connectivity index (χ1) is 7.43. The maximum atomic E-state index is 11.6. The predicted molar refractivity (Wildman–Crippen MR) is 65.3 cm³/mol. The van der Waals surface area contributed by atoms with Gasteiger partial charge in [0, 0.05) is 11.6 Å². The summed E-state index contributed by atoms with van der Waals surface area (Å²) < 4.78 is 25.8. The summed E-state index contributed by atoms with van der Waals surface area (Å²) in [7, 11) is -3.26. The summed E-state index contributed by atoms with van der Waals surface area (Å²) in [6.45, 7) is 3.58. The highest BCUT2D eigenvalue weighted by Gasteiger charge is 2.12. The second-order valence-electron chi connectivity index (χ2n) is 3.87. The van der Waals surface area contributed by atoms with Gasteiger partial charge in [0.1, 0.15) is 0 Å². The molecule has 0 saturated heterocycles. The highest BCUT2D eigenvalue weighted by atomic mass is 32.2. The number of hydrogen-bond donors (Lipinski definition) is 1. The van der Waals surface area contributed by atoms with E-state index < -0.39 is 10.0 Å². The zero-order chi connectivity index (χ0) is 12.2. The maximum Gasteiger partial charge on any atom is 0.216 e. The Morgan fingerprint density at radius 3 is 2.31 bits per heavy atom. The number of sulfonamides is 1. The molecule has 1 rings (SSSR count). The van der Waals surface area contributed by atoms with Crippen molar-refractivity contribution >= 4 is 10.0 Å². The molecule has 0 unspecified atom stereocenters. The van der Waals surface area contributed by atoms with E-state index in [1.807, 2.05) is 0 Å². The van der Waals surface area contributed by atoms with Crippen molar-refractivity contribution in [2.24, 2.45) is 0 Å². The fraction of sp³-hybridized carbons (Fsp3) is 0.333. The Kier molecular flexibility index (Phi) is 4.11. The molecule has 0 aliphatic heterocycles. The van der Waals surface area contributed by atoms with Crippen LogP contribution in [-0.2, 0) is 15.8 Å². The molecule has 0 aliphatic rings. The Balaban J connectivity index is 2.77. The summed E-state index contributed by atoms with van der Waals surface area (Å²) in [6, 6.07) is 6.85. The fourth-order valence-electron chi connectivity index (χ4n) is 1.32. The summed E-state index contributed by atoms with van der Waals surface area (Å²) >= 11 is 0. The van der Waals surface area contributed by atoms with Crippen LogP contribution in [0.4, 0.5) is 0 Å². The van der Waals surface area contributed by atoms with E-state index in [1.165, 1.54) is 0 Å². The Labute approximate surface area is 96.9 Å². The van der Waals surface area contributed by atoms with Crippen LogP contribution in [0, 0.1) is 12.3 Å². The fourth-order valence-corrected chi connectivity index (χ4v) is 2.75. The summed E-state index contributed by atoms with van der Waals surface area (Å²) in [5, 5.41) is 0. The third-order valence-corrected chi connectivity index (χ3v) is 3.44. The van der Waals surface area contributed by atoms with E-state index in [4.69, 9.17) is 6.42 Å². The highest BCUT2D eigenvalue weighted by Crippen LogP contribution is 2.07. The van der Waals surface area contributed by atoms with Crippen LogP contribution in [0.1, 0.15) is 25.0 Å². The molecule has 0 fully saturated rings. The lowest BCUT2D eigenvalue weighted by Gasteiger charge is -2.09. The zero-order valence-electron chi connectivity index (χ0n) is 9.40. The van der Waals surface area contributed by atoms with Crippen LogP contribution >= 0.6 is 0 Å². The van der Waals surface area contributed by atoms with Crippen molar-refractivity contribution in [3.63, 3.8) is 0 Å². The van der Waals surface area contributed by atoms with E-state index in [0.29, 0.717) is 0 Å². The molecule has 0 bridgehead atoms. The molecule has 86 valence electrons. The van der Waals surface area contributed by atoms with Crippen molar-refractivity contribution in [3.05, 3.63) is 35.4 Å². The summed E-state index contributed by atoms with van der Waals surface area (Å²) in [5.74, 6) is 2.47. The van der Waals surface area contributed by atoms with Gasteiger partial charge in [-0.3, -0.25) is 0 Å². The lowest BCUT2D eigenvalue weighted by Crippen LogP contribution is -2.31. The molecule has 3 nitrogen and oxygen atoms in total.